The summed E-state index contributed by atoms with van der Waals surface area (Å²) in [6, 6.07) is 5.15. The van der Waals surface area contributed by atoms with E-state index in [2.05, 4.69) is 10.6 Å². The zero-order valence-electron chi connectivity index (χ0n) is 9.72. The van der Waals surface area contributed by atoms with Gasteiger partial charge in [-0.3, -0.25) is 4.79 Å². The molecule has 17 heavy (non-hydrogen) atoms. The van der Waals surface area contributed by atoms with Gasteiger partial charge in [0, 0.05) is 16.6 Å². The summed E-state index contributed by atoms with van der Waals surface area (Å²) in [5.74, 6) is -0.0228. The van der Waals surface area contributed by atoms with E-state index >= 15 is 0 Å². The summed E-state index contributed by atoms with van der Waals surface area (Å²) in [5, 5.41) is 6.96. The predicted molar refractivity (Wildman–Crippen MR) is 71.7 cm³/mol. The molecule has 0 aliphatic carbocycles. The van der Waals surface area contributed by atoms with Gasteiger partial charge < -0.3 is 10.6 Å². The maximum Gasteiger partial charge on any atom is 0.224 e. The van der Waals surface area contributed by atoms with Gasteiger partial charge in [-0.15, -0.1) is 0 Å². The SMILES string of the molecule is CNCCCNC(=O)Cc1ccc(Cl)cc1Cl. The highest BCUT2D eigenvalue weighted by molar-refractivity contribution is 6.35. The van der Waals surface area contributed by atoms with E-state index in [-0.39, 0.29) is 12.3 Å². The number of carbonyl (C=O) groups is 1. The molecule has 0 unspecified atom stereocenters. The zero-order valence-corrected chi connectivity index (χ0v) is 11.2. The molecule has 0 saturated carbocycles. The Morgan fingerprint density at radius 1 is 1.29 bits per heavy atom. The van der Waals surface area contributed by atoms with Crippen molar-refractivity contribution in [3.8, 4) is 0 Å². The summed E-state index contributed by atoms with van der Waals surface area (Å²) in [7, 11) is 1.88. The molecular formula is C12H16Cl2N2O. The van der Waals surface area contributed by atoms with Gasteiger partial charge in [-0.2, -0.15) is 0 Å². The van der Waals surface area contributed by atoms with Crippen LogP contribution < -0.4 is 10.6 Å². The van der Waals surface area contributed by atoms with Crippen LogP contribution in [0.15, 0.2) is 18.2 Å². The summed E-state index contributed by atoms with van der Waals surface area (Å²) in [6.45, 7) is 1.56. The Hall–Kier alpha value is -0.770. The largest absolute Gasteiger partial charge is 0.356 e. The number of halogens is 2. The van der Waals surface area contributed by atoms with Crippen molar-refractivity contribution in [2.45, 2.75) is 12.8 Å². The summed E-state index contributed by atoms with van der Waals surface area (Å²) < 4.78 is 0. The second-order valence-electron chi connectivity index (χ2n) is 3.72. The lowest BCUT2D eigenvalue weighted by Crippen LogP contribution is -2.28. The van der Waals surface area contributed by atoms with E-state index in [9.17, 15) is 4.79 Å². The van der Waals surface area contributed by atoms with Crippen molar-refractivity contribution >= 4 is 29.1 Å². The highest BCUT2D eigenvalue weighted by atomic mass is 35.5. The van der Waals surface area contributed by atoms with Gasteiger partial charge in [-0.1, -0.05) is 29.3 Å². The second-order valence-corrected chi connectivity index (χ2v) is 4.56. The lowest BCUT2D eigenvalue weighted by atomic mass is 10.1. The number of nitrogens with one attached hydrogen (secondary N) is 2. The molecule has 0 radical (unpaired) electrons. The van der Waals surface area contributed by atoms with Crippen LogP contribution in [0.3, 0.4) is 0 Å². The molecule has 1 aromatic rings. The first-order valence-electron chi connectivity index (χ1n) is 5.48. The minimum atomic E-state index is -0.0228. The highest BCUT2D eigenvalue weighted by Gasteiger charge is 2.06. The van der Waals surface area contributed by atoms with E-state index in [1.54, 1.807) is 18.2 Å². The maximum absolute atomic E-state index is 11.6. The predicted octanol–water partition coefficient (Wildman–Crippen LogP) is 2.26. The van der Waals surface area contributed by atoms with E-state index in [1.165, 1.54) is 0 Å². The number of amides is 1. The van der Waals surface area contributed by atoms with Crippen LogP contribution in [0.2, 0.25) is 10.0 Å². The van der Waals surface area contributed by atoms with Crippen LogP contribution in [0.5, 0.6) is 0 Å². The van der Waals surface area contributed by atoms with Crippen molar-refractivity contribution in [2.75, 3.05) is 20.1 Å². The minimum absolute atomic E-state index is 0.0228. The van der Waals surface area contributed by atoms with Gasteiger partial charge in [0.05, 0.1) is 6.42 Å². The molecule has 3 nitrogen and oxygen atoms in total. The number of hydrogen-bond donors (Lipinski definition) is 2. The van der Waals surface area contributed by atoms with Gasteiger partial charge >= 0.3 is 0 Å². The third-order valence-corrected chi connectivity index (χ3v) is 2.88. The Morgan fingerprint density at radius 2 is 2.06 bits per heavy atom. The molecular weight excluding hydrogens is 259 g/mol. The van der Waals surface area contributed by atoms with Crippen molar-refractivity contribution in [3.63, 3.8) is 0 Å². The van der Waals surface area contributed by atoms with E-state index < -0.39 is 0 Å². The van der Waals surface area contributed by atoms with Gasteiger partial charge in [0.1, 0.15) is 0 Å². The third kappa shape index (κ3) is 5.39. The van der Waals surface area contributed by atoms with Crippen molar-refractivity contribution in [2.24, 2.45) is 0 Å². The van der Waals surface area contributed by atoms with Crippen molar-refractivity contribution in [3.05, 3.63) is 33.8 Å². The number of rotatable bonds is 6. The minimum Gasteiger partial charge on any atom is -0.356 e. The Balaban J connectivity index is 2.40. The molecule has 0 aliphatic rings. The summed E-state index contributed by atoms with van der Waals surface area (Å²) in [5.41, 5.74) is 0.794. The maximum atomic E-state index is 11.6. The summed E-state index contributed by atoms with van der Waals surface area (Å²) in [4.78, 5) is 11.6. The Bertz CT molecular complexity index is 383. The number of benzene rings is 1. The van der Waals surface area contributed by atoms with Gasteiger partial charge in [-0.25, -0.2) is 0 Å². The second kappa shape index (κ2) is 7.54. The first kappa shape index (κ1) is 14.3. The molecule has 0 heterocycles. The van der Waals surface area contributed by atoms with Crippen molar-refractivity contribution < 1.29 is 4.79 Å². The van der Waals surface area contributed by atoms with Crippen LogP contribution in [0.1, 0.15) is 12.0 Å². The third-order valence-electron chi connectivity index (χ3n) is 2.29. The van der Waals surface area contributed by atoms with Gasteiger partial charge in [0.2, 0.25) is 5.91 Å². The molecule has 1 aromatic carbocycles. The smallest absolute Gasteiger partial charge is 0.224 e. The van der Waals surface area contributed by atoms with Crippen LogP contribution in [0.4, 0.5) is 0 Å². The molecule has 0 aliphatic heterocycles. The topological polar surface area (TPSA) is 41.1 Å². The highest BCUT2D eigenvalue weighted by Crippen LogP contribution is 2.21. The molecule has 2 N–H and O–H groups in total. The molecule has 0 spiro atoms. The summed E-state index contributed by atoms with van der Waals surface area (Å²) >= 11 is 11.8. The zero-order chi connectivity index (χ0) is 12.7. The van der Waals surface area contributed by atoms with Crippen LogP contribution >= 0.6 is 23.2 Å². The lowest BCUT2D eigenvalue weighted by Gasteiger charge is -2.06. The van der Waals surface area contributed by atoms with Crippen LogP contribution in [0.25, 0.3) is 0 Å². The molecule has 0 bridgehead atoms. The standard InChI is InChI=1S/C12H16Cl2N2O/c1-15-5-2-6-16-12(17)7-9-3-4-10(13)8-11(9)14/h3-4,8,15H,2,5-7H2,1H3,(H,16,17). The molecule has 0 fully saturated rings. The molecule has 1 rings (SSSR count). The first-order chi connectivity index (χ1) is 8.13. The monoisotopic (exact) mass is 274 g/mol. The number of carbonyl (C=O) groups excluding carboxylic acids is 1. The van der Waals surface area contributed by atoms with Gasteiger partial charge in [-0.05, 0) is 37.7 Å². The molecule has 0 atom stereocenters. The fourth-order valence-corrected chi connectivity index (χ4v) is 1.87. The fraction of sp³-hybridized carbons (Fsp3) is 0.417. The van der Waals surface area contributed by atoms with E-state index in [0.29, 0.717) is 16.6 Å². The Kier molecular flexibility index (Phi) is 6.34. The van der Waals surface area contributed by atoms with Gasteiger partial charge in [0.25, 0.3) is 0 Å². The molecule has 0 saturated heterocycles. The fourth-order valence-electron chi connectivity index (χ4n) is 1.39. The Labute approximate surface area is 111 Å². The Morgan fingerprint density at radius 3 is 2.71 bits per heavy atom. The molecule has 5 heteroatoms. The van der Waals surface area contributed by atoms with E-state index in [4.69, 9.17) is 23.2 Å². The van der Waals surface area contributed by atoms with Crippen molar-refractivity contribution in [1.29, 1.82) is 0 Å². The molecule has 94 valence electrons. The van der Waals surface area contributed by atoms with Crippen molar-refractivity contribution in [1.82, 2.24) is 10.6 Å². The van der Waals surface area contributed by atoms with Gasteiger partial charge in [0.15, 0.2) is 0 Å². The lowest BCUT2D eigenvalue weighted by molar-refractivity contribution is -0.120. The quantitative estimate of drug-likeness (QED) is 0.782. The van der Waals surface area contributed by atoms with Crippen LogP contribution in [-0.4, -0.2) is 26.0 Å². The van der Waals surface area contributed by atoms with Crippen LogP contribution in [-0.2, 0) is 11.2 Å². The first-order valence-corrected chi connectivity index (χ1v) is 6.24. The average molecular weight is 275 g/mol. The van der Waals surface area contributed by atoms with E-state index in [0.717, 1.165) is 18.5 Å². The van der Waals surface area contributed by atoms with E-state index in [1.807, 2.05) is 7.05 Å². The molecule has 0 aromatic heterocycles. The normalized spacial score (nSPS) is 10.3. The molecule has 1 amide bonds. The number of hydrogen-bond acceptors (Lipinski definition) is 2. The van der Waals surface area contributed by atoms with Crippen LogP contribution in [0, 0.1) is 0 Å². The summed E-state index contributed by atoms with van der Waals surface area (Å²) in [6.07, 6.45) is 1.20. The average Bonchev–Trinajstić information content (AvgIpc) is 2.28.